The van der Waals surface area contributed by atoms with Crippen LogP contribution in [0, 0.1) is 6.92 Å². The molecule has 0 unspecified atom stereocenters. The van der Waals surface area contributed by atoms with E-state index in [2.05, 4.69) is 5.10 Å². The lowest BCUT2D eigenvalue weighted by molar-refractivity contribution is -0.147. The van der Waals surface area contributed by atoms with Gasteiger partial charge in [-0.1, -0.05) is 35.9 Å². The van der Waals surface area contributed by atoms with Crippen LogP contribution in [0.25, 0.3) is 0 Å². The van der Waals surface area contributed by atoms with Crippen molar-refractivity contribution in [3.8, 4) is 0 Å². The second-order valence-corrected chi connectivity index (χ2v) is 12.3. The normalized spacial score (nSPS) is 19.9. The van der Waals surface area contributed by atoms with Crippen molar-refractivity contribution in [2.24, 2.45) is 5.10 Å². The molecule has 1 heterocycles. The maximum absolute atomic E-state index is 12.6. The minimum Gasteiger partial charge on any atom is -0.454 e. The molecule has 11 nitrogen and oxygen atoms in total. The number of ether oxygens (including phenoxy) is 3. The Morgan fingerprint density at radius 1 is 0.941 bits per heavy atom. The zero-order valence-corrected chi connectivity index (χ0v) is 19.8. The van der Waals surface area contributed by atoms with Crippen LogP contribution in [0.5, 0.6) is 0 Å². The Labute approximate surface area is 196 Å². The van der Waals surface area contributed by atoms with Crippen LogP contribution in [0.15, 0.2) is 64.6 Å². The van der Waals surface area contributed by atoms with Crippen LogP contribution in [0.3, 0.4) is 0 Å². The molecular weight excluding hydrogens is 488 g/mol. The van der Waals surface area contributed by atoms with Crippen molar-refractivity contribution in [3.05, 3.63) is 65.7 Å². The van der Waals surface area contributed by atoms with E-state index in [1.54, 1.807) is 30.0 Å². The van der Waals surface area contributed by atoms with Crippen molar-refractivity contribution in [1.29, 1.82) is 0 Å². The number of benzene rings is 2. The number of aryl methyl sites for hydroxylation is 1. The van der Waals surface area contributed by atoms with Gasteiger partial charge in [0.25, 0.3) is 0 Å². The Hall–Kier alpha value is -3.29. The molecule has 0 amide bonds. The summed E-state index contributed by atoms with van der Waals surface area (Å²) in [6.45, 7) is 2.40. The van der Waals surface area contributed by atoms with Gasteiger partial charge >= 0.3 is 29.9 Å². The molecule has 1 aliphatic heterocycles. The van der Waals surface area contributed by atoms with Crippen LogP contribution >= 0.6 is 0 Å². The van der Waals surface area contributed by atoms with Gasteiger partial charge in [-0.3, -0.25) is 4.79 Å². The van der Waals surface area contributed by atoms with Crippen molar-refractivity contribution < 1.29 is 40.6 Å². The topological polar surface area (TPSA) is 154 Å². The molecule has 0 saturated carbocycles. The number of rotatable bonds is 7. The molecule has 3 rings (SSSR count). The van der Waals surface area contributed by atoms with Gasteiger partial charge in [-0.25, -0.2) is 13.2 Å². The molecule has 0 bridgehead atoms. The predicted octanol–water partition coefficient (Wildman–Crippen LogP) is 1.15. The van der Waals surface area contributed by atoms with Crippen molar-refractivity contribution in [1.82, 2.24) is 4.83 Å². The molecule has 0 aromatic heterocycles. The maximum Gasteiger partial charge on any atom is 0.358 e. The Kier molecular flexibility index (Phi) is 7.69. The van der Waals surface area contributed by atoms with E-state index in [0.717, 1.165) is 24.6 Å². The molecule has 2 aromatic carbocycles. The number of carbonyl (C=O) groups excluding carboxylic acids is 2. The number of hydrazone groups is 1. The first-order valence-corrected chi connectivity index (χ1v) is 13.4. The highest BCUT2D eigenvalue weighted by atomic mass is 33.2. The van der Waals surface area contributed by atoms with Crippen molar-refractivity contribution >= 4 is 35.6 Å². The summed E-state index contributed by atoms with van der Waals surface area (Å²) in [4.78, 5) is 25.2. The number of hydrogen-bond donors (Lipinski definition) is 1. The van der Waals surface area contributed by atoms with E-state index in [-0.39, 0.29) is 24.5 Å². The molecular formula is C21H22N2O9S2. The molecule has 34 heavy (non-hydrogen) atoms. The van der Waals surface area contributed by atoms with E-state index in [1.165, 1.54) is 24.3 Å². The molecule has 13 heteroatoms. The summed E-state index contributed by atoms with van der Waals surface area (Å²) in [5.41, 5.74) is 0.714. The summed E-state index contributed by atoms with van der Waals surface area (Å²) >= 11 is 0. The van der Waals surface area contributed by atoms with Gasteiger partial charge in [0.05, 0.1) is 23.7 Å². The zero-order chi connectivity index (χ0) is 24.9. The van der Waals surface area contributed by atoms with Crippen LogP contribution in [-0.2, 0) is 36.9 Å². The Bertz CT molecular complexity index is 1290. The number of esters is 2. The summed E-state index contributed by atoms with van der Waals surface area (Å²) < 4.78 is 66.3. The monoisotopic (exact) mass is 510 g/mol. The molecule has 1 aliphatic rings. The highest BCUT2D eigenvalue weighted by molar-refractivity contribution is 8.66. The quantitative estimate of drug-likeness (QED) is 0.328. The second kappa shape index (κ2) is 10.3. The molecule has 0 aliphatic carbocycles. The van der Waals surface area contributed by atoms with Crippen molar-refractivity contribution in [2.45, 2.75) is 31.0 Å². The van der Waals surface area contributed by atoms with Crippen LogP contribution in [0.1, 0.15) is 22.8 Å². The largest absolute Gasteiger partial charge is 0.454 e. The smallest absolute Gasteiger partial charge is 0.358 e. The maximum atomic E-state index is 12.6. The third-order valence-electron chi connectivity index (χ3n) is 4.65. The number of hydrogen-bond acceptors (Lipinski definition) is 10. The van der Waals surface area contributed by atoms with E-state index in [4.69, 9.17) is 14.2 Å². The van der Waals surface area contributed by atoms with E-state index in [9.17, 15) is 26.4 Å². The minimum atomic E-state index is -5.07. The highest BCUT2D eigenvalue weighted by Crippen LogP contribution is 2.19. The summed E-state index contributed by atoms with van der Waals surface area (Å²) in [5.74, 6) is -1.49. The molecule has 2 aromatic rings. The molecule has 1 N–H and O–H groups in total. The van der Waals surface area contributed by atoms with Crippen LogP contribution < -0.4 is 4.83 Å². The van der Waals surface area contributed by atoms with Gasteiger partial charge in [0, 0.05) is 6.92 Å². The predicted molar refractivity (Wildman–Crippen MR) is 120 cm³/mol. The molecule has 1 fully saturated rings. The van der Waals surface area contributed by atoms with Gasteiger partial charge in [0.2, 0.25) is 0 Å². The highest BCUT2D eigenvalue weighted by Gasteiger charge is 2.37. The number of carbonyl (C=O) groups is 2. The number of nitrogens with zero attached hydrogens (tertiary/aromatic N) is 1. The van der Waals surface area contributed by atoms with Crippen LogP contribution in [0.4, 0.5) is 0 Å². The Morgan fingerprint density at radius 2 is 1.53 bits per heavy atom. The fourth-order valence-electron chi connectivity index (χ4n) is 2.95. The van der Waals surface area contributed by atoms with Crippen LogP contribution in [-0.4, -0.2) is 59.9 Å². The van der Waals surface area contributed by atoms with Gasteiger partial charge < -0.3 is 14.2 Å². The van der Waals surface area contributed by atoms with Crippen LogP contribution in [0.2, 0.25) is 0 Å². The lowest BCUT2D eigenvalue weighted by Gasteiger charge is -2.30. The molecule has 0 spiro atoms. The van der Waals surface area contributed by atoms with Gasteiger partial charge in [-0.15, -0.1) is 0 Å². The van der Waals surface area contributed by atoms with E-state index in [0.29, 0.717) is 0 Å². The van der Waals surface area contributed by atoms with Crippen molar-refractivity contribution in [3.63, 3.8) is 0 Å². The first kappa shape index (κ1) is 25.3. The fraction of sp³-hybridized carbons (Fsp3) is 0.286. The van der Waals surface area contributed by atoms with Gasteiger partial charge in [-0.05, 0) is 31.2 Å². The summed E-state index contributed by atoms with van der Waals surface area (Å²) in [6.07, 6.45) is -2.47. The lowest BCUT2D eigenvalue weighted by Crippen LogP contribution is -2.49. The summed E-state index contributed by atoms with van der Waals surface area (Å²) in [6, 6.07) is 13.1. The lowest BCUT2D eigenvalue weighted by atomic mass is 10.1. The second-order valence-electron chi connectivity index (χ2n) is 7.24. The molecule has 182 valence electrons. The first-order chi connectivity index (χ1) is 16.0. The van der Waals surface area contributed by atoms with E-state index >= 15 is 0 Å². The summed E-state index contributed by atoms with van der Waals surface area (Å²) in [5, 5.41) is 3.69. The first-order valence-electron chi connectivity index (χ1n) is 9.93. The van der Waals surface area contributed by atoms with Crippen molar-refractivity contribution in [2.75, 3.05) is 13.2 Å². The fourth-order valence-corrected chi connectivity index (χ4v) is 5.49. The van der Waals surface area contributed by atoms with Gasteiger partial charge in [0.1, 0.15) is 5.71 Å². The molecule has 2 atom stereocenters. The third kappa shape index (κ3) is 5.79. The Morgan fingerprint density at radius 3 is 2.12 bits per heavy atom. The Balaban J connectivity index is 1.91. The van der Waals surface area contributed by atoms with E-state index in [1.807, 2.05) is 0 Å². The third-order valence-corrected chi connectivity index (χ3v) is 8.93. The van der Waals surface area contributed by atoms with Gasteiger partial charge in [-0.2, -0.15) is 18.4 Å². The minimum absolute atomic E-state index is 0.204. The number of nitrogens with one attached hydrogen (secondary N) is 1. The van der Waals surface area contributed by atoms with E-state index < -0.39 is 47.0 Å². The average molecular weight is 511 g/mol. The zero-order valence-electron chi connectivity index (χ0n) is 18.2. The molecule has 0 radical (unpaired) electrons. The molecule has 1 saturated heterocycles. The SMILES string of the molecule is CC(=O)O[C@H]1COC[C@H](OC(=O)c2ccccc2)/C1=N\NS(=O)(=O)S(=O)(=O)c1ccc(C)cc1. The van der Waals surface area contributed by atoms with Gasteiger partial charge in [0.15, 0.2) is 12.2 Å². The average Bonchev–Trinajstić information content (AvgIpc) is 2.79. The standard InChI is InChI=1S/C21H22N2O9S2/c1-14-8-10-17(11-9-14)33(26,27)34(28,29)23-22-20-18(31-15(2)24)12-30-13-19(20)32-21(25)16-6-4-3-5-7-16/h3-11,18-19,23H,12-13H2,1-2H3/b22-20-/t18-,19-/m0/s1. The summed E-state index contributed by atoms with van der Waals surface area (Å²) in [7, 11) is -9.94.